The van der Waals surface area contributed by atoms with Crippen LogP contribution in [0.15, 0.2) is 78.9 Å². The minimum absolute atomic E-state index is 0.110. The number of hydrogen-bond donors (Lipinski definition) is 1. The van der Waals surface area contributed by atoms with Crippen LogP contribution >= 0.6 is 0 Å². The summed E-state index contributed by atoms with van der Waals surface area (Å²) in [6, 6.07) is 22.8. The fraction of sp³-hybridized carbons (Fsp3) is 0.160. The van der Waals surface area contributed by atoms with E-state index in [2.05, 4.69) is 5.32 Å². The van der Waals surface area contributed by atoms with Crippen molar-refractivity contribution in [2.24, 2.45) is 0 Å². The maximum Gasteiger partial charge on any atom is 0.342 e. The average molecular weight is 417 g/mol. The van der Waals surface area contributed by atoms with Gasteiger partial charge in [0.15, 0.2) is 12.4 Å². The molecule has 0 aliphatic carbocycles. The van der Waals surface area contributed by atoms with E-state index in [1.165, 1.54) is 0 Å². The number of esters is 1. The summed E-state index contributed by atoms with van der Waals surface area (Å²) >= 11 is 0. The van der Waals surface area contributed by atoms with Gasteiger partial charge in [-0.15, -0.1) is 0 Å². The lowest BCUT2D eigenvalue weighted by Gasteiger charge is -2.11. The number of ketones is 1. The highest BCUT2D eigenvalue weighted by molar-refractivity contribution is 6.00. The molecule has 158 valence electrons. The molecule has 0 aliphatic rings. The number of rotatable bonds is 9. The Balaban J connectivity index is 1.58. The van der Waals surface area contributed by atoms with Crippen LogP contribution in [0, 0.1) is 0 Å². The van der Waals surface area contributed by atoms with Gasteiger partial charge >= 0.3 is 5.97 Å². The number of anilines is 1. The first-order valence-corrected chi connectivity index (χ1v) is 9.93. The average Bonchev–Trinajstić information content (AvgIpc) is 2.82. The second-order valence-corrected chi connectivity index (χ2v) is 6.75. The summed E-state index contributed by atoms with van der Waals surface area (Å²) < 4.78 is 11.0. The van der Waals surface area contributed by atoms with Gasteiger partial charge in [0.05, 0.1) is 0 Å². The van der Waals surface area contributed by atoms with E-state index in [1.807, 2.05) is 30.3 Å². The van der Waals surface area contributed by atoms with Crippen molar-refractivity contribution < 1.29 is 23.9 Å². The summed E-state index contributed by atoms with van der Waals surface area (Å²) in [5.74, 6) is -0.700. The van der Waals surface area contributed by atoms with Crippen molar-refractivity contribution in [1.29, 1.82) is 0 Å². The molecule has 0 bridgehead atoms. The summed E-state index contributed by atoms with van der Waals surface area (Å²) in [6.45, 7) is 1.67. The van der Waals surface area contributed by atoms with Gasteiger partial charge in [-0.05, 0) is 42.0 Å². The monoisotopic (exact) mass is 417 g/mol. The summed E-state index contributed by atoms with van der Waals surface area (Å²) in [6.07, 6.45) is 0.368. The largest absolute Gasteiger partial charge is 0.488 e. The van der Waals surface area contributed by atoms with Gasteiger partial charge in [0.2, 0.25) is 5.91 Å². The van der Waals surface area contributed by atoms with E-state index in [9.17, 15) is 14.4 Å². The van der Waals surface area contributed by atoms with Gasteiger partial charge in [0.1, 0.15) is 17.9 Å². The topological polar surface area (TPSA) is 81.7 Å². The fourth-order valence-electron chi connectivity index (χ4n) is 2.78. The molecule has 0 saturated carbocycles. The van der Waals surface area contributed by atoms with Crippen LogP contribution in [0.25, 0.3) is 0 Å². The minimum Gasteiger partial charge on any atom is -0.488 e. The molecule has 0 atom stereocenters. The number of amides is 1. The lowest BCUT2D eigenvalue weighted by Crippen LogP contribution is -2.15. The van der Waals surface area contributed by atoms with Gasteiger partial charge in [-0.2, -0.15) is 0 Å². The number of ether oxygens (including phenoxy) is 2. The summed E-state index contributed by atoms with van der Waals surface area (Å²) in [5, 5.41) is 2.71. The van der Waals surface area contributed by atoms with Crippen molar-refractivity contribution in [2.45, 2.75) is 20.0 Å². The maximum atomic E-state index is 12.5. The smallest absolute Gasteiger partial charge is 0.342 e. The number of hydrogen-bond acceptors (Lipinski definition) is 5. The molecule has 0 unspecified atom stereocenters. The van der Waals surface area contributed by atoms with E-state index < -0.39 is 12.6 Å². The molecule has 0 fully saturated rings. The molecule has 1 amide bonds. The number of nitrogens with one attached hydrogen (secondary N) is 1. The molecule has 6 nitrogen and oxygen atoms in total. The van der Waals surface area contributed by atoms with E-state index in [4.69, 9.17) is 9.47 Å². The molecule has 0 saturated heterocycles. The molecule has 3 aromatic carbocycles. The predicted octanol–water partition coefficient (Wildman–Crippen LogP) is 4.65. The van der Waals surface area contributed by atoms with Crippen molar-refractivity contribution in [1.82, 2.24) is 0 Å². The van der Waals surface area contributed by atoms with E-state index in [1.54, 1.807) is 55.5 Å². The van der Waals surface area contributed by atoms with Gasteiger partial charge in [0, 0.05) is 17.7 Å². The zero-order chi connectivity index (χ0) is 22.1. The van der Waals surface area contributed by atoms with Crippen molar-refractivity contribution in [2.75, 3.05) is 11.9 Å². The Bertz CT molecular complexity index is 1050. The highest BCUT2D eigenvalue weighted by atomic mass is 16.5. The Labute approximate surface area is 180 Å². The van der Waals surface area contributed by atoms with Crippen LogP contribution in [0.2, 0.25) is 0 Å². The number of para-hydroxylation sites is 1. The van der Waals surface area contributed by atoms with Gasteiger partial charge in [-0.1, -0.05) is 49.4 Å². The predicted molar refractivity (Wildman–Crippen MR) is 117 cm³/mol. The SMILES string of the molecule is CCC(=O)Nc1ccc(C(=O)COC(=O)c2ccccc2OCc2ccccc2)cc1. The van der Waals surface area contributed by atoms with Crippen LogP contribution in [0.4, 0.5) is 5.69 Å². The first-order chi connectivity index (χ1) is 15.1. The van der Waals surface area contributed by atoms with Crippen LogP contribution in [0.1, 0.15) is 39.6 Å². The molecule has 0 aromatic heterocycles. The third-order valence-electron chi connectivity index (χ3n) is 4.49. The molecule has 0 heterocycles. The molecule has 0 aliphatic heterocycles. The van der Waals surface area contributed by atoms with Crippen LogP contribution in [0.5, 0.6) is 5.75 Å². The normalized spacial score (nSPS) is 10.2. The Kier molecular flexibility index (Phi) is 7.54. The van der Waals surface area contributed by atoms with Crippen LogP contribution < -0.4 is 10.1 Å². The number of carbonyl (C=O) groups excluding carboxylic acids is 3. The summed E-state index contributed by atoms with van der Waals surface area (Å²) in [4.78, 5) is 36.3. The second-order valence-electron chi connectivity index (χ2n) is 6.75. The molecule has 3 aromatic rings. The molecular weight excluding hydrogens is 394 g/mol. The molecule has 31 heavy (non-hydrogen) atoms. The summed E-state index contributed by atoms with van der Waals surface area (Å²) in [5.41, 5.74) is 2.21. The molecule has 0 spiro atoms. The van der Waals surface area contributed by atoms with Crippen LogP contribution in [-0.2, 0) is 16.1 Å². The quantitative estimate of drug-likeness (QED) is 0.405. The first-order valence-electron chi connectivity index (χ1n) is 9.93. The van der Waals surface area contributed by atoms with Gasteiger partial charge in [0.25, 0.3) is 0 Å². The molecule has 3 rings (SSSR count). The van der Waals surface area contributed by atoms with Gasteiger partial charge < -0.3 is 14.8 Å². The van der Waals surface area contributed by atoms with Crippen molar-refractivity contribution >= 4 is 23.3 Å². The van der Waals surface area contributed by atoms with Gasteiger partial charge in [-0.25, -0.2) is 4.79 Å². The highest BCUT2D eigenvalue weighted by Crippen LogP contribution is 2.20. The maximum absolute atomic E-state index is 12.5. The third-order valence-corrected chi connectivity index (χ3v) is 4.49. The van der Waals surface area contributed by atoms with Crippen molar-refractivity contribution in [3.8, 4) is 5.75 Å². The molecule has 0 radical (unpaired) electrons. The zero-order valence-electron chi connectivity index (χ0n) is 17.2. The van der Waals surface area contributed by atoms with Gasteiger partial charge in [-0.3, -0.25) is 9.59 Å². The molecule has 6 heteroatoms. The Hall–Kier alpha value is -3.93. The fourth-order valence-corrected chi connectivity index (χ4v) is 2.78. The standard InChI is InChI=1S/C25H23NO5/c1-2-24(28)26-20-14-12-19(13-15-20)22(27)17-31-25(29)21-10-6-7-11-23(21)30-16-18-8-4-3-5-9-18/h3-15H,2,16-17H2,1H3,(H,26,28). The number of Topliss-reactive ketones (excluding diaryl/α,β-unsaturated/α-hetero) is 1. The molecule has 1 N–H and O–H groups in total. The van der Waals surface area contributed by atoms with E-state index >= 15 is 0 Å². The molecular formula is C25H23NO5. The minimum atomic E-state index is -0.635. The van der Waals surface area contributed by atoms with Crippen molar-refractivity contribution in [3.63, 3.8) is 0 Å². The van der Waals surface area contributed by atoms with Crippen LogP contribution in [-0.4, -0.2) is 24.3 Å². The van der Waals surface area contributed by atoms with Crippen molar-refractivity contribution in [3.05, 3.63) is 95.6 Å². The highest BCUT2D eigenvalue weighted by Gasteiger charge is 2.16. The Morgan fingerprint density at radius 2 is 1.52 bits per heavy atom. The third kappa shape index (κ3) is 6.27. The lowest BCUT2D eigenvalue weighted by molar-refractivity contribution is -0.115. The Morgan fingerprint density at radius 1 is 0.839 bits per heavy atom. The number of carbonyl (C=O) groups is 3. The van der Waals surface area contributed by atoms with E-state index in [-0.39, 0.29) is 17.3 Å². The van der Waals surface area contributed by atoms with E-state index in [0.717, 1.165) is 5.56 Å². The number of benzene rings is 3. The lowest BCUT2D eigenvalue weighted by atomic mass is 10.1. The Morgan fingerprint density at radius 3 is 2.23 bits per heavy atom. The van der Waals surface area contributed by atoms with E-state index in [0.29, 0.717) is 30.0 Å². The zero-order valence-corrected chi connectivity index (χ0v) is 17.2. The second kappa shape index (κ2) is 10.7. The first kappa shape index (κ1) is 21.8. The van der Waals surface area contributed by atoms with Crippen LogP contribution in [0.3, 0.4) is 0 Å². The summed E-state index contributed by atoms with van der Waals surface area (Å²) in [7, 11) is 0.